The lowest BCUT2D eigenvalue weighted by atomic mass is 10.0. The van der Waals surface area contributed by atoms with Crippen LogP contribution in [0.15, 0.2) is 58.0 Å². The number of nitrogens with zero attached hydrogens (tertiary/aromatic N) is 6. The fourth-order valence-electron chi connectivity index (χ4n) is 4.88. The van der Waals surface area contributed by atoms with Crippen LogP contribution in [0.3, 0.4) is 0 Å². The Labute approximate surface area is 227 Å². The first-order chi connectivity index (χ1) is 18.8. The number of aliphatic hydroxyl groups excluding tert-OH is 1. The molecule has 0 amide bonds. The maximum Gasteiger partial charge on any atom is 0.167 e. The van der Waals surface area contributed by atoms with E-state index in [0.717, 1.165) is 44.2 Å². The summed E-state index contributed by atoms with van der Waals surface area (Å²) in [5.74, 6) is -0.00925. The normalized spacial score (nSPS) is 15.3. The number of aryl methyl sites for hydroxylation is 1. The molecule has 206 valence electrons. The first-order valence-electron chi connectivity index (χ1n) is 13.1. The van der Waals surface area contributed by atoms with Crippen molar-refractivity contribution in [2.75, 3.05) is 38.2 Å². The van der Waals surface area contributed by atoms with Gasteiger partial charge in [-0.15, -0.1) is 0 Å². The van der Waals surface area contributed by atoms with Gasteiger partial charge < -0.3 is 19.9 Å². The molecule has 10 heteroatoms. The maximum atomic E-state index is 15.0. The van der Waals surface area contributed by atoms with Gasteiger partial charge in [0.05, 0.1) is 18.3 Å². The van der Waals surface area contributed by atoms with E-state index in [1.54, 1.807) is 12.3 Å². The number of likely N-dealkylation sites (tertiary alicyclic amines) is 1. The van der Waals surface area contributed by atoms with E-state index >= 15 is 8.78 Å². The summed E-state index contributed by atoms with van der Waals surface area (Å²) in [6, 6.07) is 6.79. The molecule has 0 aliphatic carbocycles. The summed E-state index contributed by atoms with van der Waals surface area (Å²) in [5, 5.41) is 12.2. The summed E-state index contributed by atoms with van der Waals surface area (Å²) in [5.41, 5.74) is 3.41. The number of pyridine rings is 1. The molecule has 1 saturated heterocycles. The third-order valence-corrected chi connectivity index (χ3v) is 6.71. The second-order valence-electron chi connectivity index (χ2n) is 9.79. The molecule has 39 heavy (non-hydrogen) atoms. The average Bonchev–Trinajstić information content (AvgIpc) is 3.25. The number of anilines is 1. The van der Waals surface area contributed by atoms with Gasteiger partial charge in [0.1, 0.15) is 29.5 Å². The van der Waals surface area contributed by atoms with Crippen molar-refractivity contribution in [3.05, 3.63) is 70.8 Å². The summed E-state index contributed by atoms with van der Waals surface area (Å²) < 4.78 is 31.9. The zero-order valence-corrected chi connectivity index (χ0v) is 22.7. The van der Waals surface area contributed by atoms with Gasteiger partial charge in [0, 0.05) is 37.4 Å². The highest BCUT2D eigenvalue weighted by Gasteiger charge is 2.19. The Bertz CT molecular complexity index is 1400. The number of aliphatic hydroxyl groups is 1. The van der Waals surface area contributed by atoms with Gasteiger partial charge in [-0.3, -0.25) is 9.98 Å². The summed E-state index contributed by atoms with van der Waals surface area (Å²) in [6.07, 6.45) is 6.84. The number of aromatic nitrogens is 3. The van der Waals surface area contributed by atoms with Crippen molar-refractivity contribution in [2.45, 2.75) is 39.7 Å². The van der Waals surface area contributed by atoms with Crippen molar-refractivity contribution in [1.29, 1.82) is 0 Å². The van der Waals surface area contributed by atoms with Gasteiger partial charge in [0.15, 0.2) is 11.6 Å². The number of nitrogens with one attached hydrogen (secondary N) is 1. The Morgan fingerprint density at radius 2 is 2.03 bits per heavy atom. The molecule has 0 spiro atoms. The van der Waals surface area contributed by atoms with Crippen LogP contribution in [-0.2, 0) is 0 Å². The van der Waals surface area contributed by atoms with Gasteiger partial charge >= 0.3 is 0 Å². The Kier molecular flexibility index (Phi) is 9.32. The number of allylic oxidation sites excluding steroid dienone is 1. The van der Waals surface area contributed by atoms with Gasteiger partial charge in [-0.05, 0) is 70.2 Å². The predicted octanol–water partition coefficient (Wildman–Crippen LogP) is 5.30. The molecule has 1 aliphatic rings. The van der Waals surface area contributed by atoms with E-state index in [-0.39, 0.29) is 36.1 Å². The number of imidazole rings is 1. The second-order valence-corrected chi connectivity index (χ2v) is 9.79. The van der Waals surface area contributed by atoms with Crippen molar-refractivity contribution in [3.63, 3.8) is 0 Å². The minimum Gasteiger partial charge on any atom is -0.395 e. The molecule has 0 bridgehead atoms. The predicted molar refractivity (Wildman–Crippen MR) is 154 cm³/mol. The molecule has 8 nitrogen and oxygen atoms in total. The molecule has 1 aliphatic heterocycles. The number of aliphatic imine (C=N–C) groups is 2. The van der Waals surface area contributed by atoms with E-state index in [0.29, 0.717) is 17.2 Å². The zero-order chi connectivity index (χ0) is 27.9. The fraction of sp³-hybridized carbons (Fsp3) is 0.379. The topological polar surface area (TPSA) is 90.9 Å². The summed E-state index contributed by atoms with van der Waals surface area (Å²) in [7, 11) is 0. The maximum absolute atomic E-state index is 15.0. The second kappa shape index (κ2) is 12.9. The standard InChI is InChI=1S/C29H35F2N7O/c1-19(2)38-20(3)36-29-24(30)14-23(15-26(29)38)28(25(31)17-32-4)35-18-34-27-6-5-22(16-33-27)13-21-7-9-37(10-8-21)11-12-39/h5-6,13-17,19,39H,4,7-12,18H2,1-3H3,(H,33,34)/b25-17+,35-28-. The van der Waals surface area contributed by atoms with Gasteiger partial charge in [-0.1, -0.05) is 11.6 Å². The van der Waals surface area contributed by atoms with Crippen LogP contribution in [0.4, 0.5) is 14.6 Å². The molecule has 1 aromatic carbocycles. The Hall–Kier alpha value is -3.76. The number of piperidine rings is 1. The van der Waals surface area contributed by atoms with Crippen molar-refractivity contribution in [2.24, 2.45) is 9.98 Å². The van der Waals surface area contributed by atoms with E-state index in [4.69, 9.17) is 5.11 Å². The molecular weight excluding hydrogens is 500 g/mol. The van der Waals surface area contributed by atoms with Crippen LogP contribution in [0.2, 0.25) is 0 Å². The number of β-amino-alcohol motifs (C(OH)–C–C–N with tert-alkyl or cyclic N) is 1. The third kappa shape index (κ3) is 6.82. The number of halogens is 2. The van der Waals surface area contributed by atoms with Crippen molar-refractivity contribution in [1.82, 2.24) is 19.4 Å². The molecule has 3 heterocycles. The van der Waals surface area contributed by atoms with Gasteiger partial charge in [-0.25, -0.2) is 18.7 Å². The quantitative estimate of drug-likeness (QED) is 0.344. The molecule has 4 rings (SSSR count). The summed E-state index contributed by atoms with van der Waals surface area (Å²) >= 11 is 0. The van der Waals surface area contributed by atoms with Gasteiger partial charge in [-0.2, -0.15) is 0 Å². The minimum atomic E-state index is -0.724. The lowest BCUT2D eigenvalue weighted by Gasteiger charge is -2.27. The Morgan fingerprint density at radius 3 is 2.67 bits per heavy atom. The Morgan fingerprint density at radius 1 is 1.26 bits per heavy atom. The van der Waals surface area contributed by atoms with E-state index in [1.165, 1.54) is 11.6 Å². The number of fused-ring (bicyclic) bond motifs is 1. The van der Waals surface area contributed by atoms with E-state index in [9.17, 15) is 0 Å². The van der Waals surface area contributed by atoms with Crippen LogP contribution in [0, 0.1) is 12.7 Å². The first-order valence-corrected chi connectivity index (χ1v) is 13.1. The Balaban J connectivity index is 1.51. The van der Waals surface area contributed by atoms with E-state index in [2.05, 4.69) is 43.0 Å². The SMILES string of the molecule is C=N/C=C(F)\C(=N/CNc1ccc(C=C2CCN(CCO)CC2)cn1)c1cc(F)c2nc(C)n(C(C)C)c2c1. The smallest absolute Gasteiger partial charge is 0.167 e. The number of benzene rings is 1. The molecule has 0 unspecified atom stereocenters. The van der Waals surface area contributed by atoms with Gasteiger partial charge in [0.25, 0.3) is 0 Å². The fourth-order valence-corrected chi connectivity index (χ4v) is 4.88. The largest absolute Gasteiger partial charge is 0.395 e. The van der Waals surface area contributed by atoms with Crippen LogP contribution in [0.1, 0.15) is 49.7 Å². The zero-order valence-electron chi connectivity index (χ0n) is 22.7. The summed E-state index contributed by atoms with van der Waals surface area (Å²) in [4.78, 5) is 19.0. The van der Waals surface area contributed by atoms with Crippen molar-refractivity contribution < 1.29 is 13.9 Å². The van der Waals surface area contributed by atoms with Crippen LogP contribution in [0.25, 0.3) is 17.1 Å². The molecule has 0 saturated carbocycles. The molecule has 2 N–H and O–H groups in total. The molecule has 1 fully saturated rings. The highest BCUT2D eigenvalue weighted by atomic mass is 19.1. The van der Waals surface area contributed by atoms with Crippen molar-refractivity contribution >= 4 is 35.4 Å². The van der Waals surface area contributed by atoms with Crippen LogP contribution < -0.4 is 5.32 Å². The lowest BCUT2D eigenvalue weighted by molar-refractivity contribution is 0.187. The molecule has 2 aromatic heterocycles. The van der Waals surface area contributed by atoms with Gasteiger partial charge in [0.2, 0.25) is 0 Å². The lowest BCUT2D eigenvalue weighted by Crippen LogP contribution is -2.32. The number of rotatable bonds is 10. The highest BCUT2D eigenvalue weighted by molar-refractivity contribution is 6.12. The number of hydrogen-bond donors (Lipinski definition) is 2. The van der Waals surface area contributed by atoms with Crippen LogP contribution >= 0.6 is 0 Å². The van der Waals surface area contributed by atoms with Crippen molar-refractivity contribution in [3.8, 4) is 0 Å². The van der Waals surface area contributed by atoms with E-state index in [1.807, 2.05) is 37.5 Å². The van der Waals surface area contributed by atoms with Crippen LogP contribution in [0.5, 0.6) is 0 Å². The molecule has 0 atom stereocenters. The monoisotopic (exact) mass is 535 g/mol. The highest BCUT2D eigenvalue weighted by Crippen LogP contribution is 2.26. The number of hydrogen-bond acceptors (Lipinski definition) is 7. The molecule has 0 radical (unpaired) electrons. The summed E-state index contributed by atoms with van der Waals surface area (Å²) in [6.45, 7) is 11.9. The molecule has 3 aromatic rings. The third-order valence-electron chi connectivity index (χ3n) is 6.71. The van der Waals surface area contributed by atoms with E-state index < -0.39 is 11.6 Å². The first kappa shape index (κ1) is 28.3. The average molecular weight is 536 g/mol. The minimum absolute atomic E-state index is 0.0178. The molecular formula is C29H35F2N7O. The van der Waals surface area contributed by atoms with Crippen LogP contribution in [-0.4, -0.2) is 69.9 Å².